The zero-order chi connectivity index (χ0) is 12.4. The third kappa shape index (κ3) is 2.94. The Labute approximate surface area is 116 Å². The molecule has 90 valence electrons. The van der Waals surface area contributed by atoms with Crippen molar-refractivity contribution in [3.8, 4) is 0 Å². The molecule has 0 unspecified atom stereocenters. The fraction of sp³-hybridized carbons (Fsp3) is 0.273. The van der Waals surface area contributed by atoms with Crippen molar-refractivity contribution in [1.82, 2.24) is 4.98 Å². The van der Waals surface area contributed by atoms with Crippen molar-refractivity contribution in [2.45, 2.75) is 19.8 Å². The third-order valence-corrected chi connectivity index (χ3v) is 4.77. The summed E-state index contributed by atoms with van der Waals surface area (Å²) in [4.78, 5) is 16.9. The lowest BCUT2D eigenvalue weighted by Gasteiger charge is -2.00. The molecule has 1 N–H and O–H groups in total. The molecule has 0 atom stereocenters. The average Bonchev–Trinajstić information content (AvgIpc) is 2.86. The number of halogens is 1. The maximum absolute atomic E-state index is 11.9. The van der Waals surface area contributed by atoms with Crippen molar-refractivity contribution in [3.63, 3.8) is 0 Å². The molecule has 2 rings (SSSR count). The van der Waals surface area contributed by atoms with Gasteiger partial charge in [-0.05, 0) is 33.3 Å². The summed E-state index contributed by atoms with van der Waals surface area (Å²) in [6.07, 6.45) is 0. The molecule has 0 aliphatic carbocycles. The van der Waals surface area contributed by atoms with E-state index in [-0.39, 0.29) is 5.91 Å². The first kappa shape index (κ1) is 12.7. The molecule has 2 heterocycles. The van der Waals surface area contributed by atoms with E-state index < -0.39 is 0 Å². The summed E-state index contributed by atoms with van der Waals surface area (Å²) in [6, 6.07) is 1.86. The summed E-state index contributed by atoms with van der Waals surface area (Å²) in [5.74, 6) is 0.266. The van der Waals surface area contributed by atoms with E-state index in [1.807, 2.05) is 16.8 Å². The van der Waals surface area contributed by atoms with Crippen molar-refractivity contribution in [2.24, 2.45) is 0 Å². The number of amides is 1. The molecule has 0 fully saturated rings. The van der Waals surface area contributed by atoms with Gasteiger partial charge in [0, 0.05) is 9.85 Å². The van der Waals surface area contributed by atoms with Crippen molar-refractivity contribution in [3.05, 3.63) is 31.9 Å². The van der Waals surface area contributed by atoms with Crippen molar-refractivity contribution in [1.29, 1.82) is 0 Å². The first-order valence-electron chi connectivity index (χ1n) is 5.07. The summed E-state index contributed by atoms with van der Waals surface area (Å²) in [7, 11) is 0. The number of aromatic nitrogens is 1. The molecule has 6 heteroatoms. The number of thiophene rings is 1. The first-order valence-corrected chi connectivity index (χ1v) is 7.63. The lowest BCUT2D eigenvalue weighted by molar-refractivity contribution is 0.103. The van der Waals surface area contributed by atoms with Gasteiger partial charge in [0.2, 0.25) is 0 Å². The molecule has 0 radical (unpaired) electrons. The van der Waals surface area contributed by atoms with Crippen molar-refractivity contribution in [2.75, 3.05) is 5.32 Å². The molecule has 0 aromatic carbocycles. The number of thiazole rings is 1. The Balaban J connectivity index is 2.11. The van der Waals surface area contributed by atoms with E-state index in [2.05, 4.69) is 40.1 Å². The Morgan fingerprint density at radius 2 is 2.24 bits per heavy atom. The topological polar surface area (TPSA) is 42.0 Å². The highest BCUT2D eigenvalue weighted by Gasteiger charge is 2.14. The van der Waals surface area contributed by atoms with Gasteiger partial charge in [-0.3, -0.25) is 10.1 Å². The van der Waals surface area contributed by atoms with Gasteiger partial charge >= 0.3 is 0 Å². The van der Waals surface area contributed by atoms with Crippen LogP contribution in [0.3, 0.4) is 0 Å². The van der Waals surface area contributed by atoms with Crippen LogP contribution in [0.2, 0.25) is 0 Å². The Hall–Kier alpha value is -0.720. The van der Waals surface area contributed by atoms with Gasteiger partial charge in [0.25, 0.3) is 5.91 Å². The average molecular weight is 331 g/mol. The number of nitrogens with one attached hydrogen (secondary N) is 1. The van der Waals surface area contributed by atoms with E-state index >= 15 is 0 Å². The SMILES string of the molecule is CC(C)c1csc(NC(=O)c2sccc2Br)n1. The summed E-state index contributed by atoms with van der Waals surface area (Å²) in [5, 5.41) is 7.31. The van der Waals surface area contributed by atoms with Gasteiger partial charge in [0.05, 0.1) is 5.69 Å². The van der Waals surface area contributed by atoms with Crippen molar-refractivity contribution >= 4 is 49.6 Å². The van der Waals surface area contributed by atoms with E-state index in [0.717, 1.165) is 10.2 Å². The van der Waals surface area contributed by atoms with Crippen molar-refractivity contribution < 1.29 is 4.79 Å². The summed E-state index contributed by atoms with van der Waals surface area (Å²) in [5.41, 5.74) is 1.01. The van der Waals surface area contributed by atoms with Crippen LogP contribution < -0.4 is 5.32 Å². The Morgan fingerprint density at radius 1 is 1.47 bits per heavy atom. The maximum Gasteiger partial charge on any atom is 0.268 e. The second kappa shape index (κ2) is 5.29. The number of nitrogens with zero attached hydrogens (tertiary/aromatic N) is 1. The van der Waals surface area contributed by atoms with Crippen LogP contribution in [-0.4, -0.2) is 10.9 Å². The molecule has 0 saturated carbocycles. The minimum absolute atomic E-state index is 0.114. The molecular weight excluding hydrogens is 320 g/mol. The minimum Gasteiger partial charge on any atom is -0.297 e. The summed E-state index contributed by atoms with van der Waals surface area (Å²) < 4.78 is 0.820. The zero-order valence-electron chi connectivity index (χ0n) is 9.36. The molecule has 0 bridgehead atoms. The van der Waals surface area contributed by atoms with Crippen LogP contribution >= 0.6 is 38.6 Å². The van der Waals surface area contributed by atoms with E-state index in [0.29, 0.717) is 15.9 Å². The van der Waals surface area contributed by atoms with E-state index in [9.17, 15) is 4.79 Å². The molecule has 2 aromatic heterocycles. The highest BCUT2D eigenvalue weighted by Crippen LogP contribution is 2.26. The Morgan fingerprint density at radius 3 is 2.76 bits per heavy atom. The Kier molecular flexibility index (Phi) is 3.96. The van der Waals surface area contributed by atoms with Crippen LogP contribution in [0.4, 0.5) is 5.13 Å². The molecule has 0 aliphatic heterocycles. The van der Waals surface area contributed by atoms with Gasteiger partial charge in [0.15, 0.2) is 5.13 Å². The van der Waals surface area contributed by atoms with Crippen LogP contribution in [0.1, 0.15) is 35.1 Å². The molecule has 0 spiro atoms. The molecular formula is C11H11BrN2OS2. The lowest BCUT2D eigenvalue weighted by atomic mass is 10.2. The second-order valence-corrected chi connectivity index (χ2v) is 6.41. The first-order chi connectivity index (χ1) is 8.08. The standard InChI is InChI=1S/C11H11BrN2OS2/c1-6(2)8-5-17-11(13-8)14-10(15)9-7(12)3-4-16-9/h3-6H,1-2H3,(H,13,14,15). The molecule has 3 nitrogen and oxygen atoms in total. The summed E-state index contributed by atoms with van der Waals surface area (Å²) >= 11 is 6.20. The molecule has 2 aromatic rings. The Bertz CT molecular complexity index is 533. The van der Waals surface area contributed by atoms with Gasteiger partial charge in [0.1, 0.15) is 4.88 Å². The molecule has 17 heavy (non-hydrogen) atoms. The van der Waals surface area contributed by atoms with Crippen LogP contribution in [0, 0.1) is 0 Å². The maximum atomic E-state index is 11.9. The monoisotopic (exact) mass is 330 g/mol. The lowest BCUT2D eigenvalue weighted by Crippen LogP contribution is -2.10. The van der Waals surface area contributed by atoms with Crippen LogP contribution in [0.25, 0.3) is 0 Å². The zero-order valence-corrected chi connectivity index (χ0v) is 12.6. The fourth-order valence-electron chi connectivity index (χ4n) is 1.22. The molecule has 0 aliphatic rings. The predicted molar refractivity (Wildman–Crippen MR) is 76.2 cm³/mol. The number of rotatable bonds is 3. The van der Waals surface area contributed by atoms with E-state index in [4.69, 9.17) is 0 Å². The van der Waals surface area contributed by atoms with Gasteiger partial charge in [-0.2, -0.15) is 0 Å². The van der Waals surface area contributed by atoms with Gasteiger partial charge in [-0.15, -0.1) is 22.7 Å². The van der Waals surface area contributed by atoms with Crippen LogP contribution in [-0.2, 0) is 0 Å². The normalized spacial score (nSPS) is 10.8. The summed E-state index contributed by atoms with van der Waals surface area (Å²) in [6.45, 7) is 4.16. The number of hydrogen-bond acceptors (Lipinski definition) is 4. The number of carbonyl (C=O) groups excluding carboxylic acids is 1. The predicted octanol–water partition coefficient (Wildman–Crippen LogP) is 4.34. The van der Waals surface area contributed by atoms with Gasteiger partial charge in [-0.25, -0.2) is 4.98 Å². The van der Waals surface area contributed by atoms with Crippen LogP contribution in [0.5, 0.6) is 0 Å². The molecule has 0 saturated heterocycles. The number of carbonyl (C=O) groups is 1. The quantitative estimate of drug-likeness (QED) is 0.909. The van der Waals surface area contributed by atoms with Gasteiger partial charge < -0.3 is 0 Å². The number of hydrogen-bond donors (Lipinski definition) is 1. The second-order valence-electron chi connectivity index (χ2n) is 3.78. The highest BCUT2D eigenvalue weighted by molar-refractivity contribution is 9.10. The largest absolute Gasteiger partial charge is 0.297 e. The fourth-order valence-corrected chi connectivity index (χ4v) is 3.53. The van der Waals surface area contributed by atoms with E-state index in [1.165, 1.54) is 22.7 Å². The number of anilines is 1. The van der Waals surface area contributed by atoms with Gasteiger partial charge in [-0.1, -0.05) is 13.8 Å². The van der Waals surface area contributed by atoms with Crippen LogP contribution in [0.15, 0.2) is 21.3 Å². The third-order valence-electron chi connectivity index (χ3n) is 2.16. The van der Waals surface area contributed by atoms with E-state index in [1.54, 1.807) is 0 Å². The molecule has 1 amide bonds. The smallest absolute Gasteiger partial charge is 0.268 e. The highest BCUT2D eigenvalue weighted by atomic mass is 79.9. The minimum atomic E-state index is -0.114.